The molecule has 0 bridgehead atoms. The van der Waals surface area contributed by atoms with E-state index in [0.717, 1.165) is 4.47 Å². The molecule has 0 fully saturated rings. The van der Waals surface area contributed by atoms with Crippen LogP contribution in [0.5, 0.6) is 0 Å². The second kappa shape index (κ2) is 4.71. The van der Waals surface area contributed by atoms with Crippen LogP contribution in [0.4, 0.5) is 0 Å². The zero-order valence-corrected chi connectivity index (χ0v) is 12.1. The maximum absolute atomic E-state index is 12.5. The molecule has 0 aliphatic rings. The molecule has 0 unspecified atom stereocenters. The Kier molecular flexibility index (Phi) is 3.04. The van der Waals surface area contributed by atoms with Crippen LogP contribution in [-0.4, -0.2) is 20.1 Å². The van der Waals surface area contributed by atoms with Gasteiger partial charge in [-0.15, -0.1) is 0 Å². The smallest absolute Gasteiger partial charge is 0.267 e. The molecular weight excluding hydrogens is 326 g/mol. The molecule has 3 rings (SSSR count). The molecule has 0 amide bonds. The summed E-state index contributed by atoms with van der Waals surface area (Å²) in [5.41, 5.74) is 1.21. The van der Waals surface area contributed by atoms with E-state index < -0.39 is 0 Å². The Morgan fingerprint density at radius 3 is 2.63 bits per heavy atom. The van der Waals surface area contributed by atoms with Crippen molar-refractivity contribution in [3.8, 4) is 0 Å². The zero-order chi connectivity index (χ0) is 13.4. The maximum atomic E-state index is 12.5. The van der Waals surface area contributed by atoms with E-state index in [2.05, 4.69) is 20.9 Å². The third-order valence-electron chi connectivity index (χ3n) is 2.69. The molecule has 19 heavy (non-hydrogen) atoms. The van der Waals surface area contributed by atoms with Gasteiger partial charge in [-0.25, -0.2) is 4.52 Å². The lowest BCUT2D eigenvalue weighted by molar-refractivity contribution is 0.0938. The van der Waals surface area contributed by atoms with Gasteiger partial charge in [-0.1, -0.05) is 18.2 Å². The first-order valence-corrected chi connectivity index (χ1v) is 6.73. The Hall–Kier alpha value is -1.79. The normalized spacial score (nSPS) is 10.8. The van der Waals surface area contributed by atoms with Crippen molar-refractivity contribution in [3.63, 3.8) is 0 Å². The molecule has 0 atom stereocenters. The molecule has 2 heterocycles. The van der Waals surface area contributed by atoms with Gasteiger partial charge in [0.1, 0.15) is 0 Å². The van der Waals surface area contributed by atoms with Gasteiger partial charge in [0.05, 0.1) is 0 Å². The number of fused-ring (bicyclic) bond motifs is 1. The summed E-state index contributed by atoms with van der Waals surface area (Å²) in [5.74, 6) is -0.198. The van der Waals surface area contributed by atoms with Gasteiger partial charge in [-0.3, -0.25) is 4.79 Å². The van der Waals surface area contributed by atoms with E-state index in [9.17, 15) is 4.79 Å². The summed E-state index contributed by atoms with van der Waals surface area (Å²) in [6, 6.07) is 12.7. The van der Waals surface area contributed by atoms with Crippen LogP contribution in [0.15, 0.2) is 53.1 Å². The average molecular weight is 334 g/mol. The van der Waals surface area contributed by atoms with Gasteiger partial charge >= 0.3 is 0 Å². The standard InChI is InChI=1S/C13H8BrN3OS/c14-10-6-7-11-15-13(19)17(16(11)8-10)12(18)9-4-2-1-3-5-9/h1-8H. The summed E-state index contributed by atoms with van der Waals surface area (Å²) in [6.45, 7) is 0. The second-order valence-electron chi connectivity index (χ2n) is 3.93. The van der Waals surface area contributed by atoms with Crippen LogP contribution in [0, 0.1) is 4.77 Å². The van der Waals surface area contributed by atoms with E-state index in [0.29, 0.717) is 11.2 Å². The van der Waals surface area contributed by atoms with Crippen molar-refractivity contribution in [2.75, 3.05) is 0 Å². The van der Waals surface area contributed by atoms with Crippen LogP contribution < -0.4 is 0 Å². The molecule has 0 spiro atoms. The number of aromatic nitrogens is 3. The van der Waals surface area contributed by atoms with Crippen LogP contribution >= 0.6 is 28.1 Å². The molecule has 0 radical (unpaired) electrons. The third kappa shape index (κ3) is 2.13. The number of carbonyl (C=O) groups excluding carboxylic acids is 1. The van der Waals surface area contributed by atoms with Gasteiger partial charge in [0.2, 0.25) is 4.77 Å². The summed E-state index contributed by atoms with van der Waals surface area (Å²) in [6.07, 6.45) is 1.76. The monoisotopic (exact) mass is 333 g/mol. The molecule has 4 nitrogen and oxygen atoms in total. The minimum atomic E-state index is -0.198. The summed E-state index contributed by atoms with van der Waals surface area (Å²) >= 11 is 8.54. The van der Waals surface area contributed by atoms with Gasteiger partial charge in [0.15, 0.2) is 5.65 Å². The van der Waals surface area contributed by atoms with Gasteiger partial charge in [-0.2, -0.15) is 9.67 Å². The Labute approximate surface area is 122 Å². The molecule has 94 valence electrons. The molecule has 0 saturated heterocycles. The van der Waals surface area contributed by atoms with Crippen molar-refractivity contribution >= 4 is 39.7 Å². The van der Waals surface area contributed by atoms with Gasteiger partial charge in [0.25, 0.3) is 5.91 Å². The molecular formula is C13H8BrN3OS. The summed E-state index contributed by atoms with van der Waals surface area (Å²) in [4.78, 5) is 16.7. The highest BCUT2D eigenvalue weighted by Crippen LogP contribution is 2.13. The summed E-state index contributed by atoms with van der Waals surface area (Å²) < 4.78 is 4.11. The van der Waals surface area contributed by atoms with Crippen molar-refractivity contribution in [3.05, 3.63) is 63.5 Å². The Bertz CT molecular complexity index is 823. The molecule has 0 aliphatic heterocycles. The Morgan fingerprint density at radius 2 is 1.89 bits per heavy atom. The van der Waals surface area contributed by atoms with E-state index in [-0.39, 0.29) is 10.7 Å². The molecule has 1 aromatic carbocycles. The second-order valence-corrected chi connectivity index (χ2v) is 5.21. The number of carbonyl (C=O) groups is 1. The Balaban J connectivity index is 2.25. The van der Waals surface area contributed by atoms with Crippen LogP contribution in [0.25, 0.3) is 5.65 Å². The van der Waals surface area contributed by atoms with E-state index in [1.54, 1.807) is 28.9 Å². The molecule has 0 N–H and O–H groups in total. The fraction of sp³-hybridized carbons (Fsp3) is 0. The van der Waals surface area contributed by atoms with Crippen LogP contribution in [-0.2, 0) is 0 Å². The van der Waals surface area contributed by atoms with Crippen LogP contribution in [0.2, 0.25) is 0 Å². The third-order valence-corrected chi connectivity index (χ3v) is 3.43. The number of nitrogens with zero attached hydrogens (tertiary/aromatic N) is 3. The van der Waals surface area contributed by atoms with Crippen molar-refractivity contribution in [1.29, 1.82) is 0 Å². The largest absolute Gasteiger partial charge is 0.279 e. The number of benzene rings is 1. The van der Waals surface area contributed by atoms with E-state index in [1.807, 2.05) is 24.3 Å². The average Bonchev–Trinajstić information content (AvgIpc) is 2.74. The summed E-state index contributed by atoms with van der Waals surface area (Å²) in [5, 5.41) is 0. The van der Waals surface area contributed by atoms with Crippen molar-refractivity contribution in [2.24, 2.45) is 0 Å². The molecule has 0 saturated carbocycles. The Morgan fingerprint density at radius 1 is 1.16 bits per heavy atom. The van der Waals surface area contributed by atoms with Crippen molar-refractivity contribution in [2.45, 2.75) is 0 Å². The zero-order valence-electron chi connectivity index (χ0n) is 9.65. The predicted octanol–water partition coefficient (Wildman–Crippen LogP) is 3.32. The number of hydrogen-bond acceptors (Lipinski definition) is 3. The fourth-order valence-corrected chi connectivity index (χ4v) is 2.42. The first-order chi connectivity index (χ1) is 9.16. The van der Waals surface area contributed by atoms with E-state index in [1.165, 1.54) is 4.68 Å². The highest BCUT2D eigenvalue weighted by Gasteiger charge is 2.13. The van der Waals surface area contributed by atoms with Crippen LogP contribution in [0.1, 0.15) is 10.4 Å². The van der Waals surface area contributed by atoms with Gasteiger partial charge in [0, 0.05) is 16.2 Å². The minimum absolute atomic E-state index is 0.198. The van der Waals surface area contributed by atoms with E-state index >= 15 is 0 Å². The highest BCUT2D eigenvalue weighted by atomic mass is 79.9. The molecule has 2 aromatic heterocycles. The van der Waals surface area contributed by atoms with Crippen molar-refractivity contribution < 1.29 is 4.79 Å². The minimum Gasteiger partial charge on any atom is -0.267 e. The fourth-order valence-electron chi connectivity index (χ4n) is 1.83. The number of rotatable bonds is 1. The van der Waals surface area contributed by atoms with Gasteiger partial charge in [-0.05, 0) is 52.4 Å². The lowest BCUT2D eigenvalue weighted by Crippen LogP contribution is -2.17. The van der Waals surface area contributed by atoms with Crippen molar-refractivity contribution in [1.82, 2.24) is 14.2 Å². The highest BCUT2D eigenvalue weighted by molar-refractivity contribution is 9.10. The molecule has 3 aromatic rings. The molecule has 0 aliphatic carbocycles. The van der Waals surface area contributed by atoms with Gasteiger partial charge < -0.3 is 0 Å². The lowest BCUT2D eigenvalue weighted by Gasteiger charge is -2.04. The predicted molar refractivity (Wildman–Crippen MR) is 77.9 cm³/mol. The number of hydrogen-bond donors (Lipinski definition) is 0. The summed E-state index contributed by atoms with van der Waals surface area (Å²) in [7, 11) is 0. The lowest BCUT2D eigenvalue weighted by atomic mass is 10.2. The number of pyridine rings is 1. The number of halogens is 1. The quantitative estimate of drug-likeness (QED) is 0.641. The van der Waals surface area contributed by atoms with E-state index in [4.69, 9.17) is 12.2 Å². The molecule has 6 heteroatoms. The first kappa shape index (κ1) is 12.3. The first-order valence-electron chi connectivity index (χ1n) is 5.53. The van der Waals surface area contributed by atoms with Crippen LogP contribution in [0.3, 0.4) is 0 Å². The maximum Gasteiger partial charge on any atom is 0.279 e. The SMILES string of the molecule is O=C(c1ccccc1)n1c(=S)nc2ccc(Br)cn21. The topological polar surface area (TPSA) is 39.3 Å².